The highest BCUT2D eigenvalue weighted by Crippen LogP contribution is 2.63. The van der Waals surface area contributed by atoms with E-state index in [4.69, 9.17) is 4.42 Å². The van der Waals surface area contributed by atoms with E-state index in [-0.39, 0.29) is 0 Å². The average Bonchev–Trinajstić information content (AvgIpc) is 3.98. The molecule has 0 bridgehead atoms. The van der Waals surface area contributed by atoms with Crippen LogP contribution in [0.4, 0.5) is 0 Å². The second-order valence-electron chi connectivity index (χ2n) is 18.9. The molecule has 13 aromatic carbocycles. The number of fused-ring (bicyclic) bond motifs is 15. The molecule has 0 fully saturated rings. The van der Waals surface area contributed by atoms with Gasteiger partial charge in [-0.2, -0.15) is 0 Å². The van der Waals surface area contributed by atoms with Crippen LogP contribution in [0.1, 0.15) is 22.3 Å². The quantitative estimate of drug-likeness (QED) is 0.124. The summed E-state index contributed by atoms with van der Waals surface area (Å²) < 4.78 is 6.30. The van der Waals surface area contributed by atoms with Gasteiger partial charge in [0.15, 0.2) is 0 Å². The Kier molecular flexibility index (Phi) is 8.35. The molecule has 1 nitrogen and oxygen atoms in total. The molecule has 1 heterocycles. The molecule has 1 aromatic heterocycles. The zero-order valence-electron chi connectivity index (χ0n) is 38.2. The van der Waals surface area contributed by atoms with E-state index in [1.54, 1.807) is 0 Å². The smallest absolute Gasteiger partial charge is 0.135 e. The van der Waals surface area contributed by atoms with Gasteiger partial charge in [-0.1, -0.05) is 224 Å². The summed E-state index contributed by atoms with van der Waals surface area (Å²) in [7, 11) is 0. The second kappa shape index (κ2) is 15.0. The Morgan fingerprint density at radius 3 is 1.26 bits per heavy atom. The lowest BCUT2D eigenvalue weighted by atomic mass is 9.65. The fourth-order valence-corrected chi connectivity index (χ4v) is 12.7. The molecule has 15 rings (SSSR count). The normalized spacial score (nSPS) is 13.0. The number of furan rings is 1. The van der Waals surface area contributed by atoms with Crippen LogP contribution in [-0.4, -0.2) is 0 Å². The molecule has 1 aliphatic rings. The Balaban J connectivity index is 1.02. The van der Waals surface area contributed by atoms with Gasteiger partial charge in [-0.25, -0.2) is 0 Å². The minimum absolute atomic E-state index is 0.606. The number of rotatable bonds is 5. The van der Waals surface area contributed by atoms with Gasteiger partial charge < -0.3 is 4.42 Å². The topological polar surface area (TPSA) is 13.1 Å². The Bertz CT molecular complexity index is 4360. The Morgan fingerprint density at radius 1 is 0.229 bits per heavy atom. The number of para-hydroxylation sites is 1. The van der Waals surface area contributed by atoms with Crippen LogP contribution >= 0.6 is 0 Å². The molecule has 1 aliphatic carbocycles. The van der Waals surface area contributed by atoms with Crippen LogP contribution in [0.3, 0.4) is 0 Å². The monoisotopic (exact) mass is 886 g/mol. The average molecular weight is 887 g/mol. The lowest BCUT2D eigenvalue weighted by Gasteiger charge is -2.35. The van der Waals surface area contributed by atoms with Gasteiger partial charge in [0.25, 0.3) is 0 Å². The molecule has 0 N–H and O–H groups in total. The molecule has 1 heteroatoms. The van der Waals surface area contributed by atoms with Crippen LogP contribution in [0.15, 0.2) is 259 Å². The molecule has 0 atom stereocenters. The summed E-state index contributed by atoms with van der Waals surface area (Å²) in [6.45, 7) is 0. The predicted molar refractivity (Wildman–Crippen MR) is 295 cm³/mol. The lowest BCUT2D eigenvalue weighted by Crippen LogP contribution is -2.29. The lowest BCUT2D eigenvalue weighted by molar-refractivity contribution is 0.669. The highest BCUT2D eigenvalue weighted by atomic mass is 16.3. The highest BCUT2D eigenvalue weighted by molar-refractivity contribution is 6.24. The van der Waals surface area contributed by atoms with E-state index in [1.165, 1.54) is 121 Å². The maximum Gasteiger partial charge on any atom is 0.135 e. The SMILES string of the molecule is c1ccc(C2(c3ccccc3)c3c(cc(-c4cccc(-c5c6ccccc6c(-c6ccc7oc8ccccc8c7c6)c6ccccc56)c4)c4ccccc34)-c3c2c2ccccc2c2ccccc32)cc1. The van der Waals surface area contributed by atoms with Crippen LogP contribution in [0.25, 0.3) is 120 Å². The van der Waals surface area contributed by atoms with Crippen LogP contribution in [0.5, 0.6) is 0 Å². The molecule has 14 aromatic rings. The van der Waals surface area contributed by atoms with Crippen molar-refractivity contribution in [2.45, 2.75) is 5.41 Å². The molecule has 0 aliphatic heterocycles. The van der Waals surface area contributed by atoms with Crippen molar-refractivity contribution >= 4 is 75.8 Å². The number of hydrogen-bond donors (Lipinski definition) is 0. The van der Waals surface area contributed by atoms with E-state index in [2.05, 4.69) is 249 Å². The molecular formula is C69H42O. The van der Waals surface area contributed by atoms with Crippen LogP contribution < -0.4 is 0 Å². The van der Waals surface area contributed by atoms with E-state index in [0.29, 0.717) is 0 Å². The standard InChI is InChI=1S/C69H42O/c1-3-22-46(23-4-1)69(47-24-5-2-6-25-47)67-57-35-15-9-28-50(57)59(42-61(67)66-52-30-10-7-26-48(52)49-27-8-16-36-58(49)68(66)69)43-20-19-21-44(40-43)64-53-31-11-13-33-55(53)65(56-34-14-12-32-54(56)64)45-38-39-63-60(41-45)51-29-17-18-37-62(51)70-63/h1-42H. The molecular weight excluding hydrogens is 845 g/mol. The third-order valence-electron chi connectivity index (χ3n) is 15.5. The second-order valence-corrected chi connectivity index (χ2v) is 18.9. The predicted octanol–water partition coefficient (Wildman–Crippen LogP) is 18.7. The van der Waals surface area contributed by atoms with Crippen molar-refractivity contribution in [2.75, 3.05) is 0 Å². The van der Waals surface area contributed by atoms with E-state index in [9.17, 15) is 0 Å². The van der Waals surface area contributed by atoms with Gasteiger partial charge in [0.2, 0.25) is 0 Å². The Hall–Kier alpha value is -9.04. The zero-order chi connectivity index (χ0) is 45.9. The fourth-order valence-electron chi connectivity index (χ4n) is 12.7. The number of benzene rings is 13. The van der Waals surface area contributed by atoms with Gasteiger partial charge in [0.1, 0.15) is 11.2 Å². The Morgan fingerprint density at radius 2 is 0.657 bits per heavy atom. The first kappa shape index (κ1) is 39.0. The van der Waals surface area contributed by atoms with Crippen molar-refractivity contribution in [3.05, 3.63) is 277 Å². The molecule has 70 heavy (non-hydrogen) atoms. The molecule has 0 radical (unpaired) electrons. The minimum Gasteiger partial charge on any atom is -0.456 e. The van der Waals surface area contributed by atoms with Gasteiger partial charge in [-0.15, -0.1) is 0 Å². The van der Waals surface area contributed by atoms with Crippen molar-refractivity contribution in [3.63, 3.8) is 0 Å². The van der Waals surface area contributed by atoms with Crippen molar-refractivity contribution in [3.8, 4) is 44.5 Å². The Labute approximate surface area is 405 Å². The van der Waals surface area contributed by atoms with Crippen LogP contribution in [-0.2, 0) is 5.41 Å². The van der Waals surface area contributed by atoms with Gasteiger partial charge in [0, 0.05) is 10.8 Å². The van der Waals surface area contributed by atoms with E-state index >= 15 is 0 Å². The summed E-state index contributed by atoms with van der Waals surface area (Å²) in [5, 5.41) is 14.8. The molecule has 0 spiro atoms. The minimum atomic E-state index is -0.606. The van der Waals surface area contributed by atoms with E-state index < -0.39 is 5.41 Å². The van der Waals surface area contributed by atoms with Crippen LogP contribution in [0.2, 0.25) is 0 Å². The zero-order valence-corrected chi connectivity index (χ0v) is 38.2. The van der Waals surface area contributed by atoms with Crippen LogP contribution in [0, 0.1) is 0 Å². The van der Waals surface area contributed by atoms with Gasteiger partial charge in [-0.05, 0) is 151 Å². The summed E-state index contributed by atoms with van der Waals surface area (Å²) in [4.78, 5) is 0. The van der Waals surface area contributed by atoms with E-state index in [1.807, 2.05) is 6.07 Å². The summed E-state index contributed by atoms with van der Waals surface area (Å²) in [5.74, 6) is 0. The summed E-state index contributed by atoms with van der Waals surface area (Å²) in [5.41, 5.74) is 16.3. The summed E-state index contributed by atoms with van der Waals surface area (Å²) in [6.07, 6.45) is 0. The van der Waals surface area contributed by atoms with Crippen molar-refractivity contribution < 1.29 is 4.42 Å². The molecule has 0 amide bonds. The first-order chi connectivity index (χ1) is 34.8. The third kappa shape index (κ3) is 5.38. The summed E-state index contributed by atoms with van der Waals surface area (Å²) in [6, 6.07) is 94.7. The van der Waals surface area contributed by atoms with Crippen molar-refractivity contribution in [1.29, 1.82) is 0 Å². The van der Waals surface area contributed by atoms with E-state index in [0.717, 1.165) is 21.9 Å². The van der Waals surface area contributed by atoms with Crippen molar-refractivity contribution in [2.24, 2.45) is 0 Å². The largest absolute Gasteiger partial charge is 0.456 e. The molecule has 0 saturated heterocycles. The van der Waals surface area contributed by atoms with Gasteiger partial charge in [-0.3, -0.25) is 0 Å². The molecule has 0 unspecified atom stereocenters. The first-order valence-electron chi connectivity index (χ1n) is 24.3. The van der Waals surface area contributed by atoms with Crippen molar-refractivity contribution in [1.82, 2.24) is 0 Å². The maximum absolute atomic E-state index is 6.30. The molecule has 324 valence electrons. The summed E-state index contributed by atoms with van der Waals surface area (Å²) >= 11 is 0. The molecule has 0 saturated carbocycles. The maximum atomic E-state index is 6.30. The van der Waals surface area contributed by atoms with Gasteiger partial charge in [0.05, 0.1) is 5.41 Å². The first-order valence-corrected chi connectivity index (χ1v) is 24.3. The highest BCUT2D eigenvalue weighted by Gasteiger charge is 2.49. The van der Waals surface area contributed by atoms with Gasteiger partial charge >= 0.3 is 0 Å². The third-order valence-corrected chi connectivity index (χ3v) is 15.5. The number of hydrogen-bond acceptors (Lipinski definition) is 1. The fraction of sp³-hybridized carbons (Fsp3) is 0.0145.